The van der Waals surface area contributed by atoms with E-state index in [1.54, 1.807) is 0 Å². The van der Waals surface area contributed by atoms with Gasteiger partial charge in [0.1, 0.15) is 0 Å². The second kappa shape index (κ2) is 11.2. The predicted molar refractivity (Wildman–Crippen MR) is 161 cm³/mol. The average molecular weight is 596 g/mol. The Kier molecular flexibility index (Phi) is 8.63. The Morgan fingerprint density at radius 3 is 2.24 bits per heavy atom. The number of nitrogens with one attached hydrogen (secondary N) is 2. The maximum absolute atomic E-state index is 12.7. The fourth-order valence-electron chi connectivity index (χ4n) is 10.8. The third kappa shape index (κ3) is 5.71. The maximum Gasteiger partial charge on any atom is 0.329 e. The molecule has 11 atom stereocenters. The summed E-state index contributed by atoms with van der Waals surface area (Å²) in [6, 6.07) is -0.641. The number of carbonyl (C=O) groups excluding carboxylic acids is 1. The van der Waals surface area contributed by atoms with Crippen LogP contribution in [0.4, 0.5) is 4.79 Å². The van der Waals surface area contributed by atoms with Gasteiger partial charge in [0.15, 0.2) is 0 Å². The van der Waals surface area contributed by atoms with Crippen LogP contribution >= 0.6 is 0 Å². The lowest BCUT2D eigenvalue weighted by molar-refractivity contribution is -0.199. The van der Waals surface area contributed by atoms with Gasteiger partial charge in [-0.3, -0.25) is 0 Å². The molecule has 236 valence electrons. The minimum absolute atomic E-state index is 0.132. The van der Waals surface area contributed by atoms with E-state index in [1.165, 1.54) is 10.7 Å². The van der Waals surface area contributed by atoms with Crippen molar-refractivity contribution in [3.05, 3.63) is 0 Å². The third-order valence-electron chi connectivity index (χ3n) is 13.4. The highest BCUT2D eigenvalue weighted by Crippen LogP contribution is 2.69. The number of rotatable bonds is 6. The van der Waals surface area contributed by atoms with Crippen molar-refractivity contribution < 1.29 is 23.4 Å². The molecule has 0 aromatic heterocycles. The Balaban J connectivity index is 1.17. The minimum atomic E-state index is -3.83. The molecule has 5 fully saturated rings. The predicted octanol–water partition coefficient (Wildman–Crippen LogP) is 4.92. The highest BCUT2D eigenvalue weighted by molar-refractivity contribution is 7.87. The van der Waals surface area contributed by atoms with Gasteiger partial charge in [0.05, 0.1) is 12.2 Å². The SMILES string of the molecule is C[C@H]1[C@@H](O)[C@@H]2C(CC[C@]3(C)[C@@H]([C@H](C)CCNC(=O)NS(=O)(=O)N4CCC(C)(C)CC4)CC[C@@H]23)[C@@]2(C)CC[C@@H](O)C[C@@H]12. The summed E-state index contributed by atoms with van der Waals surface area (Å²) >= 11 is 0. The van der Waals surface area contributed by atoms with Crippen molar-refractivity contribution in [2.24, 2.45) is 57.7 Å². The van der Waals surface area contributed by atoms with Gasteiger partial charge in [0, 0.05) is 19.6 Å². The van der Waals surface area contributed by atoms with Gasteiger partial charge in [0.2, 0.25) is 0 Å². The van der Waals surface area contributed by atoms with E-state index in [9.17, 15) is 23.4 Å². The summed E-state index contributed by atoms with van der Waals surface area (Å²) in [7, 11) is -3.83. The highest BCUT2D eigenvalue weighted by Gasteiger charge is 2.64. The van der Waals surface area contributed by atoms with Crippen LogP contribution in [0.1, 0.15) is 106 Å². The molecule has 9 heteroatoms. The standard InChI is InChI=1S/C32H57N3O5S/c1-20(11-16-33-29(38)34-41(39,40)35-17-14-30(3,4)15-18-35)23-7-8-24-27-25(10-13-31(23,24)5)32(6)12-9-22(36)19-26(32)21(2)28(27)37/h20-28,36-37H,7-19H2,1-6H3,(H2,33,34,38)/t20-,21-,22-,23-,24+,25?,26+,27+,28-,31-,32-/m1/s1. The molecule has 4 aliphatic carbocycles. The second-order valence-corrected chi connectivity index (χ2v) is 17.8. The fourth-order valence-corrected chi connectivity index (χ4v) is 11.9. The van der Waals surface area contributed by atoms with Crippen LogP contribution in [-0.2, 0) is 10.2 Å². The molecule has 0 spiro atoms. The van der Waals surface area contributed by atoms with Gasteiger partial charge < -0.3 is 15.5 Å². The number of nitrogens with zero attached hydrogens (tertiary/aromatic N) is 1. The second-order valence-electron chi connectivity index (χ2n) is 16.1. The van der Waals surface area contributed by atoms with Gasteiger partial charge in [0.25, 0.3) is 0 Å². The first-order valence-electron chi connectivity index (χ1n) is 16.5. The number of amides is 2. The summed E-state index contributed by atoms with van der Waals surface area (Å²) < 4.78 is 29.1. The lowest BCUT2D eigenvalue weighted by atomic mass is 9.42. The van der Waals surface area contributed by atoms with Crippen LogP contribution in [-0.4, -0.2) is 60.8 Å². The topological polar surface area (TPSA) is 119 Å². The first-order valence-corrected chi connectivity index (χ1v) is 17.9. The Hall–Kier alpha value is -0.900. The Labute approximate surface area is 249 Å². The van der Waals surface area contributed by atoms with Gasteiger partial charge in [-0.25, -0.2) is 9.52 Å². The number of hydrogen-bond donors (Lipinski definition) is 4. The number of aliphatic hydroxyl groups is 2. The number of hydrogen-bond acceptors (Lipinski definition) is 5. The van der Waals surface area contributed by atoms with Crippen molar-refractivity contribution in [1.82, 2.24) is 14.3 Å². The fraction of sp³-hybridized carbons (Fsp3) is 0.969. The molecule has 0 bridgehead atoms. The summed E-state index contributed by atoms with van der Waals surface area (Å²) in [5.74, 6) is 2.89. The molecular weight excluding hydrogens is 538 g/mol. The smallest absolute Gasteiger partial charge is 0.329 e. The molecular formula is C32H57N3O5S. The van der Waals surface area contributed by atoms with Crippen molar-refractivity contribution in [3.8, 4) is 0 Å². The summed E-state index contributed by atoms with van der Waals surface area (Å²) in [5, 5.41) is 25.0. The lowest BCUT2D eigenvalue weighted by Crippen LogP contribution is -2.61. The van der Waals surface area contributed by atoms with Crippen molar-refractivity contribution >= 4 is 16.2 Å². The molecule has 5 aliphatic rings. The van der Waals surface area contributed by atoms with Gasteiger partial charge in [-0.05, 0) is 122 Å². The zero-order chi connectivity index (χ0) is 30.0. The first-order chi connectivity index (χ1) is 19.1. The molecule has 0 aromatic carbocycles. The number of aliphatic hydroxyl groups excluding tert-OH is 2. The van der Waals surface area contributed by atoms with E-state index in [1.807, 2.05) is 0 Å². The van der Waals surface area contributed by atoms with E-state index in [0.29, 0.717) is 55.1 Å². The van der Waals surface area contributed by atoms with E-state index >= 15 is 0 Å². The van der Waals surface area contributed by atoms with E-state index < -0.39 is 16.2 Å². The van der Waals surface area contributed by atoms with Crippen LogP contribution in [0.5, 0.6) is 0 Å². The Morgan fingerprint density at radius 2 is 1.56 bits per heavy atom. The van der Waals surface area contributed by atoms with Crippen molar-refractivity contribution in [2.75, 3.05) is 19.6 Å². The molecule has 1 saturated heterocycles. The molecule has 41 heavy (non-hydrogen) atoms. The molecule has 1 aliphatic heterocycles. The van der Waals surface area contributed by atoms with E-state index in [2.05, 4.69) is 51.6 Å². The number of piperidine rings is 1. The summed E-state index contributed by atoms with van der Waals surface area (Å²) in [6.07, 6.45) is 9.27. The third-order valence-corrected chi connectivity index (χ3v) is 14.9. The molecule has 0 radical (unpaired) electrons. The van der Waals surface area contributed by atoms with Crippen LogP contribution in [0, 0.1) is 57.7 Å². The van der Waals surface area contributed by atoms with Crippen LogP contribution < -0.4 is 10.0 Å². The monoisotopic (exact) mass is 595 g/mol. The van der Waals surface area contributed by atoms with Crippen molar-refractivity contribution in [3.63, 3.8) is 0 Å². The number of carbonyl (C=O) groups is 1. The van der Waals surface area contributed by atoms with Crippen molar-refractivity contribution in [2.45, 2.75) is 118 Å². The van der Waals surface area contributed by atoms with Gasteiger partial charge in [-0.2, -0.15) is 12.7 Å². The zero-order valence-corrected chi connectivity index (χ0v) is 27.2. The largest absolute Gasteiger partial charge is 0.393 e. The quantitative estimate of drug-likeness (QED) is 0.348. The number of urea groups is 1. The maximum atomic E-state index is 12.7. The zero-order valence-electron chi connectivity index (χ0n) is 26.4. The Morgan fingerprint density at radius 1 is 0.927 bits per heavy atom. The summed E-state index contributed by atoms with van der Waals surface area (Å²) in [4.78, 5) is 12.5. The minimum Gasteiger partial charge on any atom is -0.393 e. The van der Waals surface area contributed by atoms with Crippen LogP contribution in [0.2, 0.25) is 0 Å². The van der Waals surface area contributed by atoms with Gasteiger partial charge >= 0.3 is 16.2 Å². The van der Waals surface area contributed by atoms with Gasteiger partial charge in [-0.1, -0.05) is 41.5 Å². The Bertz CT molecular complexity index is 1070. The van der Waals surface area contributed by atoms with Crippen LogP contribution in [0.15, 0.2) is 0 Å². The number of fused-ring (bicyclic) bond motifs is 5. The van der Waals surface area contributed by atoms with Gasteiger partial charge in [-0.15, -0.1) is 0 Å². The first kappa shape index (κ1) is 31.5. The molecule has 8 nitrogen and oxygen atoms in total. The van der Waals surface area contributed by atoms with E-state index in [-0.39, 0.29) is 34.4 Å². The molecule has 4 saturated carbocycles. The molecule has 1 unspecified atom stereocenters. The van der Waals surface area contributed by atoms with Crippen molar-refractivity contribution in [1.29, 1.82) is 0 Å². The normalized spacial score (nSPS) is 45.2. The molecule has 0 aromatic rings. The van der Waals surface area contributed by atoms with E-state index in [0.717, 1.165) is 57.8 Å². The average Bonchev–Trinajstić information content (AvgIpc) is 3.24. The molecule has 4 N–H and O–H groups in total. The highest BCUT2D eigenvalue weighted by atomic mass is 32.2. The van der Waals surface area contributed by atoms with Crippen LogP contribution in [0.25, 0.3) is 0 Å². The summed E-state index contributed by atoms with van der Waals surface area (Å²) in [5.41, 5.74) is 0.509. The van der Waals surface area contributed by atoms with E-state index in [4.69, 9.17) is 0 Å². The summed E-state index contributed by atoms with van der Waals surface area (Å²) in [6.45, 7) is 15.0. The van der Waals surface area contributed by atoms with Crippen LogP contribution in [0.3, 0.4) is 0 Å². The molecule has 5 rings (SSSR count). The lowest BCUT2D eigenvalue weighted by Gasteiger charge is -2.64. The molecule has 2 amide bonds. The molecule has 1 heterocycles.